The van der Waals surface area contributed by atoms with Gasteiger partial charge in [0.2, 0.25) is 0 Å². The maximum atomic E-state index is 12.2. The van der Waals surface area contributed by atoms with Gasteiger partial charge in [0, 0.05) is 7.05 Å². The Hall–Kier alpha value is -1.24. The summed E-state index contributed by atoms with van der Waals surface area (Å²) in [5, 5.41) is 0.216. The minimum Gasteiger partial charge on any atom is -0.443 e. The first-order valence-electron chi connectivity index (χ1n) is 6.18. The third-order valence-electron chi connectivity index (χ3n) is 1.72. The van der Waals surface area contributed by atoms with Crippen LogP contribution in [0.15, 0.2) is 4.99 Å². The Morgan fingerprint density at radius 1 is 0.950 bits per heavy atom. The molecule has 2 amide bonds. The SMILES string of the molecule is CN=C(SC)N(C(=O)OC(C)(C)C)C(=O)OC(C)(C)C. The van der Waals surface area contributed by atoms with Crippen molar-refractivity contribution in [3.63, 3.8) is 0 Å². The van der Waals surface area contributed by atoms with Crippen LogP contribution in [0.3, 0.4) is 0 Å². The molecule has 0 heterocycles. The summed E-state index contributed by atoms with van der Waals surface area (Å²) in [7, 11) is 1.49. The molecule has 20 heavy (non-hydrogen) atoms. The standard InChI is InChI=1S/C13H24N2O4S/c1-12(2,3)18-10(16)15(9(14-7)20-8)11(17)19-13(4,5)6/h1-8H3. The average molecular weight is 304 g/mol. The fourth-order valence-electron chi connectivity index (χ4n) is 1.13. The van der Waals surface area contributed by atoms with Gasteiger partial charge >= 0.3 is 12.2 Å². The molecule has 0 aromatic heterocycles. The maximum absolute atomic E-state index is 12.2. The van der Waals surface area contributed by atoms with Crippen LogP contribution in [0, 0.1) is 0 Å². The fraction of sp³-hybridized carbons (Fsp3) is 0.769. The zero-order chi connectivity index (χ0) is 16.1. The molecule has 0 aliphatic heterocycles. The number of carbonyl (C=O) groups excluding carboxylic acids is 2. The van der Waals surface area contributed by atoms with Gasteiger partial charge in [-0.15, -0.1) is 0 Å². The van der Waals surface area contributed by atoms with E-state index < -0.39 is 23.4 Å². The predicted octanol–water partition coefficient (Wildman–Crippen LogP) is 3.51. The van der Waals surface area contributed by atoms with E-state index in [1.807, 2.05) is 0 Å². The number of hydrogen-bond donors (Lipinski definition) is 0. The second-order valence-electron chi connectivity index (χ2n) is 6.01. The Morgan fingerprint density at radius 2 is 1.30 bits per heavy atom. The van der Waals surface area contributed by atoms with E-state index in [0.717, 1.165) is 16.7 Å². The van der Waals surface area contributed by atoms with Crippen molar-refractivity contribution in [3.05, 3.63) is 0 Å². The zero-order valence-electron chi connectivity index (χ0n) is 13.4. The summed E-state index contributed by atoms with van der Waals surface area (Å²) in [5.74, 6) is 0. The van der Waals surface area contributed by atoms with Crippen LogP contribution >= 0.6 is 11.8 Å². The van der Waals surface area contributed by atoms with Crippen LogP contribution in [-0.2, 0) is 9.47 Å². The van der Waals surface area contributed by atoms with Gasteiger partial charge in [-0.2, -0.15) is 4.90 Å². The molecule has 0 bridgehead atoms. The summed E-state index contributed by atoms with van der Waals surface area (Å²) in [6, 6.07) is 0. The van der Waals surface area contributed by atoms with Gasteiger partial charge in [0.05, 0.1) is 0 Å². The van der Waals surface area contributed by atoms with Crippen molar-refractivity contribution in [2.45, 2.75) is 52.7 Å². The van der Waals surface area contributed by atoms with E-state index in [1.165, 1.54) is 7.05 Å². The van der Waals surface area contributed by atoms with Crippen molar-refractivity contribution < 1.29 is 19.1 Å². The summed E-state index contributed by atoms with van der Waals surface area (Å²) < 4.78 is 10.4. The second-order valence-corrected chi connectivity index (χ2v) is 6.78. The molecule has 116 valence electrons. The monoisotopic (exact) mass is 304 g/mol. The summed E-state index contributed by atoms with van der Waals surface area (Å²) in [6.45, 7) is 10.3. The fourth-order valence-corrected chi connectivity index (χ4v) is 1.64. The molecule has 6 nitrogen and oxygen atoms in total. The number of amides is 2. The van der Waals surface area contributed by atoms with Crippen LogP contribution in [-0.4, -0.2) is 46.8 Å². The van der Waals surface area contributed by atoms with E-state index in [-0.39, 0.29) is 5.17 Å². The van der Waals surface area contributed by atoms with Gasteiger partial charge in [-0.3, -0.25) is 4.99 Å². The highest BCUT2D eigenvalue weighted by Crippen LogP contribution is 2.17. The predicted molar refractivity (Wildman–Crippen MR) is 81.2 cm³/mol. The normalized spacial score (nSPS) is 12.9. The van der Waals surface area contributed by atoms with E-state index in [1.54, 1.807) is 47.8 Å². The number of nitrogens with zero attached hydrogens (tertiary/aromatic N) is 2. The first kappa shape index (κ1) is 18.8. The van der Waals surface area contributed by atoms with E-state index in [2.05, 4.69) is 4.99 Å². The topological polar surface area (TPSA) is 68.2 Å². The quantitative estimate of drug-likeness (QED) is 0.506. The molecule has 0 saturated heterocycles. The molecule has 0 N–H and O–H groups in total. The number of rotatable bonds is 0. The number of ether oxygens (including phenoxy) is 2. The number of amidine groups is 1. The molecular weight excluding hydrogens is 280 g/mol. The van der Waals surface area contributed by atoms with E-state index in [9.17, 15) is 9.59 Å². The van der Waals surface area contributed by atoms with Gasteiger partial charge in [-0.25, -0.2) is 9.59 Å². The van der Waals surface area contributed by atoms with Gasteiger partial charge in [0.15, 0.2) is 5.17 Å². The molecular formula is C13H24N2O4S. The molecule has 0 radical (unpaired) electrons. The highest BCUT2D eigenvalue weighted by Gasteiger charge is 2.34. The Labute approximate surface area is 124 Å². The van der Waals surface area contributed by atoms with Crippen LogP contribution in [0.2, 0.25) is 0 Å². The largest absolute Gasteiger partial charge is 0.443 e. The zero-order valence-corrected chi connectivity index (χ0v) is 14.3. The first-order valence-corrected chi connectivity index (χ1v) is 7.40. The van der Waals surface area contributed by atoms with Gasteiger partial charge < -0.3 is 9.47 Å². The maximum Gasteiger partial charge on any atom is 0.426 e. The van der Waals surface area contributed by atoms with Crippen molar-refractivity contribution >= 4 is 29.1 Å². The number of carbonyl (C=O) groups is 2. The molecule has 0 saturated carbocycles. The van der Waals surface area contributed by atoms with Crippen LogP contribution < -0.4 is 0 Å². The average Bonchev–Trinajstić information content (AvgIpc) is 2.19. The molecule has 0 aliphatic carbocycles. The summed E-state index contributed by atoms with van der Waals surface area (Å²) in [6.07, 6.45) is 0.104. The Kier molecular flexibility index (Phi) is 6.53. The lowest BCUT2D eigenvalue weighted by Crippen LogP contribution is -2.45. The van der Waals surface area contributed by atoms with Crippen molar-refractivity contribution in [2.24, 2.45) is 4.99 Å². The molecule has 0 spiro atoms. The smallest absolute Gasteiger partial charge is 0.426 e. The summed E-state index contributed by atoms with van der Waals surface area (Å²) in [5.41, 5.74) is -1.43. The van der Waals surface area contributed by atoms with Gasteiger partial charge in [0.1, 0.15) is 11.2 Å². The Morgan fingerprint density at radius 3 is 1.50 bits per heavy atom. The number of hydrogen-bond acceptors (Lipinski definition) is 6. The van der Waals surface area contributed by atoms with Gasteiger partial charge in [-0.05, 0) is 47.8 Å². The van der Waals surface area contributed by atoms with E-state index in [4.69, 9.17) is 9.47 Å². The van der Waals surface area contributed by atoms with Crippen molar-refractivity contribution in [2.75, 3.05) is 13.3 Å². The summed E-state index contributed by atoms with van der Waals surface area (Å²) in [4.78, 5) is 29.0. The minimum atomic E-state index is -0.804. The highest BCUT2D eigenvalue weighted by molar-refractivity contribution is 8.13. The van der Waals surface area contributed by atoms with Crippen molar-refractivity contribution in [1.82, 2.24) is 4.90 Å². The van der Waals surface area contributed by atoms with Crippen LogP contribution in [0.1, 0.15) is 41.5 Å². The number of thioether (sulfide) groups is 1. The minimum absolute atomic E-state index is 0.216. The summed E-state index contributed by atoms with van der Waals surface area (Å²) >= 11 is 1.16. The van der Waals surface area contributed by atoms with Crippen LogP contribution in [0.4, 0.5) is 9.59 Å². The van der Waals surface area contributed by atoms with E-state index in [0.29, 0.717) is 0 Å². The third-order valence-corrected chi connectivity index (χ3v) is 2.45. The Balaban J connectivity index is 5.30. The third kappa shape index (κ3) is 6.79. The molecule has 0 unspecified atom stereocenters. The van der Waals surface area contributed by atoms with Gasteiger partial charge in [-0.1, -0.05) is 11.8 Å². The molecule has 0 aliphatic rings. The van der Waals surface area contributed by atoms with Crippen molar-refractivity contribution in [3.8, 4) is 0 Å². The number of aliphatic imine (C=N–C) groups is 1. The second kappa shape index (κ2) is 6.97. The van der Waals surface area contributed by atoms with Crippen LogP contribution in [0.5, 0.6) is 0 Å². The van der Waals surface area contributed by atoms with Crippen molar-refractivity contribution in [1.29, 1.82) is 0 Å². The van der Waals surface area contributed by atoms with Gasteiger partial charge in [0.25, 0.3) is 0 Å². The number of imide groups is 1. The van der Waals surface area contributed by atoms with Crippen LogP contribution in [0.25, 0.3) is 0 Å². The molecule has 0 aromatic carbocycles. The molecule has 7 heteroatoms. The lowest BCUT2D eigenvalue weighted by atomic mass is 10.2. The highest BCUT2D eigenvalue weighted by atomic mass is 32.2. The lowest BCUT2D eigenvalue weighted by molar-refractivity contribution is 0.0153. The first-order chi connectivity index (χ1) is 8.91. The molecule has 0 fully saturated rings. The molecule has 0 atom stereocenters. The van der Waals surface area contributed by atoms with E-state index >= 15 is 0 Å². The molecule has 0 aromatic rings. The lowest BCUT2D eigenvalue weighted by Gasteiger charge is -2.28. The molecule has 0 rings (SSSR count). The Bertz CT molecular complexity index is 366.